The molecule has 2 fully saturated rings. The Hall–Kier alpha value is -2.97. The normalized spacial score (nSPS) is 22.3. The molecule has 9 heteroatoms. The van der Waals surface area contributed by atoms with E-state index in [1.807, 2.05) is 33.0 Å². The van der Waals surface area contributed by atoms with Gasteiger partial charge in [-0.15, -0.1) is 0 Å². The monoisotopic (exact) mass is 397 g/mol. The van der Waals surface area contributed by atoms with Crippen LogP contribution in [0.2, 0.25) is 0 Å². The lowest BCUT2D eigenvalue weighted by Gasteiger charge is -2.24. The minimum atomic E-state index is -0.115. The third-order valence-electron chi connectivity index (χ3n) is 5.67. The quantitative estimate of drug-likeness (QED) is 0.714. The summed E-state index contributed by atoms with van der Waals surface area (Å²) in [6.07, 6.45) is 4.85. The average Bonchev–Trinajstić information content (AvgIpc) is 3.13. The molecule has 0 aromatic carbocycles. The fourth-order valence-electron chi connectivity index (χ4n) is 4.17. The molecule has 1 saturated heterocycles. The van der Waals surface area contributed by atoms with E-state index in [1.165, 1.54) is 0 Å². The fraction of sp³-hybridized carbons (Fsp3) is 0.550. The fourth-order valence-corrected chi connectivity index (χ4v) is 4.17. The van der Waals surface area contributed by atoms with Crippen LogP contribution in [0, 0.1) is 25.7 Å². The molecule has 2 N–H and O–H groups in total. The summed E-state index contributed by atoms with van der Waals surface area (Å²) in [5, 5.41) is 10.0. The van der Waals surface area contributed by atoms with Crippen molar-refractivity contribution in [1.82, 2.24) is 30.4 Å². The largest absolute Gasteiger partial charge is 0.355 e. The molecule has 3 atom stereocenters. The van der Waals surface area contributed by atoms with E-state index in [9.17, 15) is 9.59 Å². The highest BCUT2D eigenvalue weighted by Gasteiger charge is 2.56. The molecule has 2 amide bonds. The SMILES string of the molecule is CCCC(=O)NCC(=O)NC1[C@H]2CN(c3nc(C)nc(-n4cccn4)c3C)C[C@@H]12. The number of hydrogen-bond donors (Lipinski definition) is 2. The van der Waals surface area contributed by atoms with E-state index in [0.29, 0.717) is 24.1 Å². The predicted molar refractivity (Wildman–Crippen MR) is 108 cm³/mol. The summed E-state index contributed by atoms with van der Waals surface area (Å²) in [6.45, 7) is 7.61. The maximum absolute atomic E-state index is 12.1. The van der Waals surface area contributed by atoms with Crippen molar-refractivity contribution in [2.24, 2.45) is 11.8 Å². The van der Waals surface area contributed by atoms with Gasteiger partial charge >= 0.3 is 0 Å². The van der Waals surface area contributed by atoms with Crippen LogP contribution >= 0.6 is 0 Å². The molecule has 4 rings (SSSR count). The predicted octanol–water partition coefficient (Wildman–Crippen LogP) is 0.746. The first-order valence-electron chi connectivity index (χ1n) is 10.1. The number of hydrogen-bond acceptors (Lipinski definition) is 6. The van der Waals surface area contributed by atoms with Crippen molar-refractivity contribution in [3.8, 4) is 5.82 Å². The topological polar surface area (TPSA) is 105 Å². The summed E-state index contributed by atoms with van der Waals surface area (Å²) in [7, 11) is 0. The van der Waals surface area contributed by atoms with E-state index < -0.39 is 0 Å². The number of carbonyl (C=O) groups excluding carboxylic acids is 2. The Kier molecular flexibility index (Phi) is 5.21. The zero-order valence-electron chi connectivity index (χ0n) is 17.1. The molecule has 2 aliphatic rings. The Labute approximate surface area is 169 Å². The van der Waals surface area contributed by atoms with Gasteiger partial charge in [-0.1, -0.05) is 6.92 Å². The maximum Gasteiger partial charge on any atom is 0.239 e. The number of aromatic nitrogens is 4. The number of piperidine rings is 1. The summed E-state index contributed by atoms with van der Waals surface area (Å²) < 4.78 is 1.76. The number of fused-ring (bicyclic) bond motifs is 1. The lowest BCUT2D eigenvalue weighted by Crippen LogP contribution is -2.41. The Morgan fingerprint density at radius 2 is 1.86 bits per heavy atom. The highest BCUT2D eigenvalue weighted by atomic mass is 16.2. The number of nitrogens with one attached hydrogen (secondary N) is 2. The zero-order valence-corrected chi connectivity index (χ0v) is 17.1. The van der Waals surface area contributed by atoms with Crippen LogP contribution in [0.15, 0.2) is 18.5 Å². The molecule has 2 aromatic rings. The van der Waals surface area contributed by atoms with E-state index in [0.717, 1.165) is 36.7 Å². The maximum atomic E-state index is 12.1. The van der Waals surface area contributed by atoms with Gasteiger partial charge in [0.05, 0.1) is 6.54 Å². The molecular formula is C20H27N7O2. The second-order valence-electron chi connectivity index (χ2n) is 7.85. The molecule has 0 spiro atoms. The molecule has 1 saturated carbocycles. The Morgan fingerprint density at radius 3 is 2.52 bits per heavy atom. The first-order valence-corrected chi connectivity index (χ1v) is 10.1. The van der Waals surface area contributed by atoms with Gasteiger partial charge in [0, 0.05) is 55.3 Å². The third kappa shape index (κ3) is 3.94. The first-order chi connectivity index (χ1) is 14.0. The smallest absolute Gasteiger partial charge is 0.239 e. The van der Waals surface area contributed by atoms with E-state index in [1.54, 1.807) is 10.9 Å². The second-order valence-corrected chi connectivity index (χ2v) is 7.85. The van der Waals surface area contributed by atoms with Crippen LogP contribution in [0.5, 0.6) is 0 Å². The molecule has 2 aromatic heterocycles. The zero-order chi connectivity index (χ0) is 20.5. The summed E-state index contributed by atoms with van der Waals surface area (Å²) in [4.78, 5) is 35.1. The highest BCUT2D eigenvalue weighted by Crippen LogP contribution is 2.47. The average molecular weight is 397 g/mol. The molecule has 3 heterocycles. The Balaban J connectivity index is 1.35. The van der Waals surface area contributed by atoms with Crippen LogP contribution in [0.1, 0.15) is 31.2 Å². The van der Waals surface area contributed by atoms with Crippen molar-refractivity contribution in [2.75, 3.05) is 24.5 Å². The molecule has 1 aliphatic heterocycles. The van der Waals surface area contributed by atoms with Gasteiger partial charge in [-0.05, 0) is 26.3 Å². The standard InChI is InChI=1S/C20H27N7O2/c1-4-6-16(28)21-9-17(29)25-18-14-10-26(11-15(14)18)19-12(2)20(24-13(3)23-19)27-8-5-7-22-27/h5,7-8,14-15,18H,4,6,9-11H2,1-3H3,(H,21,28)(H,25,29)/t14-,15+,18?. The summed E-state index contributed by atoms with van der Waals surface area (Å²) in [5.74, 6) is 3.10. The number of anilines is 1. The number of nitrogens with zero attached hydrogens (tertiary/aromatic N) is 5. The number of aryl methyl sites for hydroxylation is 1. The Morgan fingerprint density at radius 1 is 1.14 bits per heavy atom. The van der Waals surface area contributed by atoms with Gasteiger partial charge in [-0.25, -0.2) is 14.6 Å². The van der Waals surface area contributed by atoms with Crippen LogP contribution in [0.3, 0.4) is 0 Å². The van der Waals surface area contributed by atoms with E-state index in [4.69, 9.17) is 0 Å². The van der Waals surface area contributed by atoms with Crippen molar-refractivity contribution >= 4 is 17.6 Å². The summed E-state index contributed by atoms with van der Waals surface area (Å²) in [6, 6.07) is 2.06. The molecular weight excluding hydrogens is 370 g/mol. The lowest BCUT2D eigenvalue weighted by molar-refractivity contribution is -0.126. The lowest BCUT2D eigenvalue weighted by atomic mass is 10.2. The summed E-state index contributed by atoms with van der Waals surface area (Å²) >= 11 is 0. The molecule has 1 unspecified atom stereocenters. The van der Waals surface area contributed by atoms with Crippen molar-refractivity contribution in [2.45, 2.75) is 39.7 Å². The van der Waals surface area contributed by atoms with Gasteiger partial charge in [0.1, 0.15) is 11.6 Å². The van der Waals surface area contributed by atoms with E-state index in [2.05, 4.69) is 30.6 Å². The van der Waals surface area contributed by atoms with Crippen molar-refractivity contribution in [3.63, 3.8) is 0 Å². The first kappa shape index (κ1) is 19.4. The number of rotatable bonds is 7. The molecule has 0 radical (unpaired) electrons. The van der Waals surface area contributed by atoms with E-state index in [-0.39, 0.29) is 24.4 Å². The molecule has 9 nitrogen and oxygen atoms in total. The van der Waals surface area contributed by atoms with Crippen LogP contribution < -0.4 is 15.5 Å². The van der Waals surface area contributed by atoms with Crippen LogP contribution in [0.4, 0.5) is 5.82 Å². The van der Waals surface area contributed by atoms with Gasteiger partial charge in [-0.2, -0.15) is 5.10 Å². The minimum absolute atomic E-state index is 0.0515. The van der Waals surface area contributed by atoms with Gasteiger partial charge in [0.2, 0.25) is 11.8 Å². The van der Waals surface area contributed by atoms with Crippen molar-refractivity contribution < 1.29 is 9.59 Å². The Bertz CT molecular complexity index is 900. The van der Waals surface area contributed by atoms with Gasteiger partial charge < -0.3 is 15.5 Å². The van der Waals surface area contributed by atoms with Crippen molar-refractivity contribution in [1.29, 1.82) is 0 Å². The summed E-state index contributed by atoms with van der Waals surface area (Å²) in [5.41, 5.74) is 1.000. The number of amides is 2. The van der Waals surface area contributed by atoms with Gasteiger partial charge in [0.25, 0.3) is 0 Å². The van der Waals surface area contributed by atoms with Gasteiger partial charge in [0.15, 0.2) is 5.82 Å². The minimum Gasteiger partial charge on any atom is -0.355 e. The van der Waals surface area contributed by atoms with Crippen LogP contribution in [-0.2, 0) is 9.59 Å². The number of carbonyl (C=O) groups is 2. The molecule has 1 aliphatic carbocycles. The molecule has 0 bridgehead atoms. The van der Waals surface area contributed by atoms with Crippen LogP contribution in [0.25, 0.3) is 5.82 Å². The van der Waals surface area contributed by atoms with Gasteiger partial charge in [-0.3, -0.25) is 9.59 Å². The van der Waals surface area contributed by atoms with Crippen molar-refractivity contribution in [3.05, 3.63) is 29.8 Å². The van der Waals surface area contributed by atoms with Crippen LogP contribution in [-0.4, -0.2) is 57.2 Å². The van der Waals surface area contributed by atoms with E-state index >= 15 is 0 Å². The molecule has 154 valence electrons. The highest BCUT2D eigenvalue weighted by molar-refractivity contribution is 5.85. The third-order valence-corrected chi connectivity index (χ3v) is 5.67. The molecule has 29 heavy (non-hydrogen) atoms. The second kappa shape index (κ2) is 7.81.